The van der Waals surface area contributed by atoms with Crippen molar-refractivity contribution in [2.45, 2.75) is 26.2 Å². The van der Waals surface area contributed by atoms with E-state index in [0.717, 1.165) is 5.56 Å². The fourth-order valence-corrected chi connectivity index (χ4v) is 2.64. The van der Waals surface area contributed by atoms with Gasteiger partial charge < -0.3 is 10.1 Å². The van der Waals surface area contributed by atoms with Crippen LogP contribution in [0.15, 0.2) is 72.9 Å². The lowest BCUT2D eigenvalue weighted by Gasteiger charge is -2.19. The van der Waals surface area contributed by atoms with Gasteiger partial charge in [-0.3, -0.25) is 4.79 Å². The molecule has 1 heterocycles. The highest BCUT2D eigenvalue weighted by Gasteiger charge is 2.13. The maximum absolute atomic E-state index is 12.2. The molecule has 1 amide bonds. The largest absolute Gasteiger partial charge is 0.484 e. The predicted molar refractivity (Wildman–Crippen MR) is 116 cm³/mol. The zero-order chi connectivity index (χ0) is 20.7. The normalized spacial score (nSPS) is 10.6. The van der Waals surface area contributed by atoms with Crippen molar-refractivity contribution in [1.29, 1.82) is 0 Å². The number of rotatable bonds is 4. The third-order valence-electron chi connectivity index (χ3n) is 4.24. The van der Waals surface area contributed by atoms with Crippen LogP contribution < -0.4 is 10.1 Å². The monoisotopic (exact) mass is 384 g/mol. The van der Waals surface area contributed by atoms with Gasteiger partial charge >= 0.3 is 0 Å². The summed E-state index contributed by atoms with van der Waals surface area (Å²) < 4.78 is 5.59. The lowest BCUT2D eigenvalue weighted by Crippen LogP contribution is -2.20. The molecular weight excluding hydrogens is 360 g/mol. The second-order valence-electron chi connectivity index (χ2n) is 7.66. The lowest BCUT2D eigenvalue weighted by atomic mass is 9.87. The predicted octanol–water partition coefficient (Wildman–Crippen LogP) is 4.80. The molecule has 0 spiro atoms. The van der Waals surface area contributed by atoms with E-state index in [1.807, 2.05) is 66.7 Å². The van der Waals surface area contributed by atoms with Gasteiger partial charge in [0, 0.05) is 17.4 Å². The van der Waals surface area contributed by atoms with E-state index in [-0.39, 0.29) is 17.9 Å². The Morgan fingerprint density at radius 3 is 2.48 bits per heavy atom. The number of aromatic nitrogens is 1. The maximum Gasteiger partial charge on any atom is 0.262 e. The van der Waals surface area contributed by atoms with Crippen molar-refractivity contribution in [2.24, 2.45) is 0 Å². The average Bonchev–Trinajstić information content (AvgIpc) is 2.71. The molecule has 0 saturated carbocycles. The molecule has 29 heavy (non-hydrogen) atoms. The van der Waals surface area contributed by atoms with E-state index < -0.39 is 0 Å². The van der Waals surface area contributed by atoms with Gasteiger partial charge in [0.1, 0.15) is 11.4 Å². The molecule has 1 N–H and O–H groups in total. The van der Waals surface area contributed by atoms with Crippen molar-refractivity contribution in [1.82, 2.24) is 4.98 Å². The van der Waals surface area contributed by atoms with Crippen LogP contribution in [0.2, 0.25) is 0 Å². The molecule has 1 aromatic heterocycles. The van der Waals surface area contributed by atoms with Gasteiger partial charge in [0.05, 0.1) is 0 Å². The highest BCUT2D eigenvalue weighted by Crippen LogP contribution is 2.24. The number of anilines is 1. The first-order valence-electron chi connectivity index (χ1n) is 9.46. The van der Waals surface area contributed by atoms with Crippen LogP contribution in [0.4, 0.5) is 5.69 Å². The number of hydrogen-bond donors (Lipinski definition) is 1. The van der Waals surface area contributed by atoms with Crippen LogP contribution >= 0.6 is 0 Å². The summed E-state index contributed by atoms with van der Waals surface area (Å²) in [6.45, 7) is 6.42. The Hall–Kier alpha value is -3.58. The van der Waals surface area contributed by atoms with Crippen LogP contribution in [-0.2, 0) is 10.2 Å². The van der Waals surface area contributed by atoms with Crippen LogP contribution in [0.5, 0.6) is 5.75 Å². The zero-order valence-corrected chi connectivity index (χ0v) is 16.9. The quantitative estimate of drug-likeness (QED) is 0.658. The molecule has 0 fully saturated rings. The summed E-state index contributed by atoms with van der Waals surface area (Å²) in [5.74, 6) is 6.51. The molecule has 0 bridgehead atoms. The lowest BCUT2D eigenvalue weighted by molar-refractivity contribution is -0.118. The number of pyridine rings is 1. The first-order valence-corrected chi connectivity index (χ1v) is 9.46. The minimum Gasteiger partial charge on any atom is -0.484 e. The van der Waals surface area contributed by atoms with Crippen molar-refractivity contribution in [3.8, 4) is 17.6 Å². The third kappa shape index (κ3) is 6.22. The molecule has 0 aliphatic rings. The Morgan fingerprint density at radius 2 is 1.79 bits per heavy atom. The number of nitrogens with one attached hydrogen (secondary N) is 1. The number of ether oxygens (including phenoxy) is 1. The summed E-state index contributed by atoms with van der Waals surface area (Å²) in [4.78, 5) is 16.4. The smallest absolute Gasteiger partial charge is 0.262 e. The molecule has 0 atom stereocenters. The summed E-state index contributed by atoms with van der Waals surface area (Å²) in [5.41, 5.74) is 3.48. The van der Waals surface area contributed by atoms with Gasteiger partial charge in [-0.2, -0.15) is 0 Å². The Balaban J connectivity index is 1.56. The number of carbonyl (C=O) groups is 1. The minimum absolute atomic E-state index is 0.0568. The Morgan fingerprint density at radius 1 is 1.00 bits per heavy atom. The zero-order valence-electron chi connectivity index (χ0n) is 16.9. The van der Waals surface area contributed by atoms with Gasteiger partial charge in [-0.15, -0.1) is 0 Å². The Kier molecular flexibility index (Phi) is 6.31. The first-order chi connectivity index (χ1) is 13.9. The highest BCUT2D eigenvalue weighted by atomic mass is 16.5. The van der Waals surface area contributed by atoms with E-state index in [1.165, 1.54) is 5.56 Å². The van der Waals surface area contributed by atoms with Gasteiger partial charge in [0.25, 0.3) is 5.91 Å². The molecule has 0 radical (unpaired) electrons. The summed E-state index contributed by atoms with van der Waals surface area (Å²) in [6.07, 6.45) is 1.71. The number of nitrogens with zero attached hydrogens (tertiary/aromatic N) is 1. The fourth-order valence-electron chi connectivity index (χ4n) is 2.64. The standard InChI is InChI=1S/C25H24N2O2/c1-25(2,3)20-11-14-23(15-12-20)29-18-24(28)27-22-9-6-7-19(17-22)10-13-21-8-4-5-16-26-21/h4-9,11-12,14-17H,18H2,1-3H3,(H,27,28). The van der Waals surface area contributed by atoms with Gasteiger partial charge in [-0.25, -0.2) is 4.98 Å². The summed E-state index contributed by atoms with van der Waals surface area (Å²) in [7, 11) is 0. The Bertz CT molecular complexity index is 1020. The second kappa shape index (κ2) is 9.07. The molecule has 2 aromatic carbocycles. The van der Waals surface area contributed by atoms with Crippen LogP contribution in [0.25, 0.3) is 0 Å². The SMILES string of the molecule is CC(C)(C)c1ccc(OCC(=O)Nc2cccc(C#Cc3ccccn3)c2)cc1. The minimum atomic E-state index is -0.222. The molecule has 0 aliphatic heterocycles. The number of amides is 1. The van der Waals surface area contributed by atoms with Gasteiger partial charge in [0.2, 0.25) is 0 Å². The molecule has 146 valence electrons. The van der Waals surface area contributed by atoms with Crippen molar-refractivity contribution in [3.63, 3.8) is 0 Å². The second-order valence-corrected chi connectivity index (χ2v) is 7.66. The third-order valence-corrected chi connectivity index (χ3v) is 4.24. The Labute approximate surface area is 172 Å². The molecule has 0 saturated heterocycles. The van der Waals surface area contributed by atoms with Crippen molar-refractivity contribution in [2.75, 3.05) is 11.9 Å². The van der Waals surface area contributed by atoms with Crippen LogP contribution in [0, 0.1) is 11.8 Å². The number of carbonyl (C=O) groups excluding carboxylic acids is 1. The molecule has 4 heteroatoms. The molecule has 0 aliphatic carbocycles. The number of hydrogen-bond acceptors (Lipinski definition) is 3. The topological polar surface area (TPSA) is 51.2 Å². The summed E-state index contributed by atoms with van der Waals surface area (Å²) in [5, 5.41) is 2.84. The first kappa shape index (κ1) is 20.2. The summed E-state index contributed by atoms with van der Waals surface area (Å²) >= 11 is 0. The van der Waals surface area contributed by atoms with Crippen molar-refractivity contribution < 1.29 is 9.53 Å². The average molecular weight is 384 g/mol. The van der Waals surface area contributed by atoms with E-state index in [4.69, 9.17) is 4.74 Å². The van der Waals surface area contributed by atoms with Crippen molar-refractivity contribution >= 4 is 11.6 Å². The van der Waals surface area contributed by atoms with Crippen LogP contribution in [0.1, 0.15) is 37.6 Å². The molecular formula is C25H24N2O2. The van der Waals surface area contributed by atoms with Crippen molar-refractivity contribution in [3.05, 3.63) is 89.7 Å². The van der Waals surface area contributed by atoms with Gasteiger partial charge in [-0.05, 0) is 59.4 Å². The van der Waals surface area contributed by atoms with Gasteiger partial charge in [0.15, 0.2) is 6.61 Å². The van der Waals surface area contributed by atoms with E-state index in [9.17, 15) is 4.79 Å². The van der Waals surface area contributed by atoms with E-state index in [2.05, 4.69) is 42.9 Å². The van der Waals surface area contributed by atoms with Crippen LogP contribution in [-0.4, -0.2) is 17.5 Å². The molecule has 3 rings (SSSR count). The van der Waals surface area contributed by atoms with Crippen LogP contribution in [0.3, 0.4) is 0 Å². The van der Waals surface area contributed by atoms with E-state index >= 15 is 0 Å². The molecule has 4 nitrogen and oxygen atoms in total. The van der Waals surface area contributed by atoms with E-state index in [1.54, 1.807) is 6.20 Å². The molecule has 3 aromatic rings. The van der Waals surface area contributed by atoms with E-state index in [0.29, 0.717) is 17.1 Å². The maximum atomic E-state index is 12.2. The highest BCUT2D eigenvalue weighted by molar-refractivity contribution is 5.92. The summed E-state index contributed by atoms with van der Waals surface area (Å²) in [6, 6.07) is 20.8. The fraction of sp³-hybridized carbons (Fsp3) is 0.200. The number of benzene rings is 2. The molecule has 0 unspecified atom stereocenters. The van der Waals surface area contributed by atoms with Gasteiger partial charge in [-0.1, -0.05) is 51.0 Å².